The van der Waals surface area contributed by atoms with Gasteiger partial charge in [0.05, 0.1) is 17.4 Å². The van der Waals surface area contributed by atoms with Gasteiger partial charge in [-0.2, -0.15) is 5.26 Å². The predicted molar refractivity (Wildman–Crippen MR) is 51.9 cm³/mol. The van der Waals surface area contributed by atoms with Crippen LogP contribution in [0.5, 0.6) is 0 Å². The first-order valence-corrected chi connectivity index (χ1v) is 4.87. The predicted octanol–water partition coefficient (Wildman–Crippen LogP) is 2.46. The molecule has 14 heavy (non-hydrogen) atoms. The van der Waals surface area contributed by atoms with E-state index >= 15 is 0 Å². The summed E-state index contributed by atoms with van der Waals surface area (Å²) >= 11 is 5.82. The molecular weight excluding hydrogens is 200 g/mol. The van der Waals surface area contributed by atoms with Gasteiger partial charge < -0.3 is 4.74 Å². The van der Waals surface area contributed by atoms with Crippen LogP contribution in [0.3, 0.4) is 0 Å². The zero-order chi connectivity index (χ0) is 9.97. The van der Waals surface area contributed by atoms with Crippen molar-refractivity contribution >= 4 is 11.6 Å². The molecule has 0 saturated carbocycles. The van der Waals surface area contributed by atoms with Gasteiger partial charge in [-0.05, 0) is 25.0 Å². The first kappa shape index (κ1) is 9.45. The maximum absolute atomic E-state index is 8.67. The van der Waals surface area contributed by atoms with Crippen LogP contribution in [0.1, 0.15) is 30.2 Å². The minimum absolute atomic E-state index is 0.0558. The Morgan fingerprint density at radius 3 is 3.00 bits per heavy atom. The van der Waals surface area contributed by atoms with Crippen molar-refractivity contribution in [1.82, 2.24) is 4.98 Å². The van der Waals surface area contributed by atoms with Crippen molar-refractivity contribution in [1.29, 1.82) is 5.26 Å². The monoisotopic (exact) mass is 208 g/mol. The van der Waals surface area contributed by atoms with Crippen LogP contribution in [0.15, 0.2) is 12.1 Å². The van der Waals surface area contributed by atoms with Crippen LogP contribution >= 0.6 is 11.6 Å². The Bertz CT molecular complexity index is 380. The van der Waals surface area contributed by atoms with Crippen molar-refractivity contribution < 1.29 is 4.74 Å². The van der Waals surface area contributed by atoms with Crippen molar-refractivity contribution in [3.8, 4) is 6.07 Å². The molecule has 1 aliphatic rings. The number of nitrogens with zero attached hydrogens (tertiary/aromatic N) is 2. The van der Waals surface area contributed by atoms with Crippen LogP contribution in [0.25, 0.3) is 0 Å². The Hall–Kier alpha value is -1.11. The largest absolute Gasteiger partial charge is 0.372 e. The molecule has 4 heteroatoms. The van der Waals surface area contributed by atoms with Gasteiger partial charge in [0.25, 0.3) is 0 Å². The van der Waals surface area contributed by atoms with E-state index in [9.17, 15) is 0 Å². The second-order valence-electron chi connectivity index (χ2n) is 3.19. The van der Waals surface area contributed by atoms with E-state index < -0.39 is 0 Å². The molecular formula is C10H9ClN2O. The summed E-state index contributed by atoms with van der Waals surface area (Å²) in [5, 5.41) is 8.93. The van der Waals surface area contributed by atoms with E-state index in [0.29, 0.717) is 5.56 Å². The SMILES string of the molecule is N#Cc1ccc(C2CCCO2)nc1Cl. The lowest BCUT2D eigenvalue weighted by Crippen LogP contribution is -1.99. The lowest BCUT2D eigenvalue weighted by molar-refractivity contribution is 0.108. The Kier molecular flexibility index (Phi) is 2.67. The molecule has 1 atom stereocenters. The van der Waals surface area contributed by atoms with Crippen molar-refractivity contribution in [2.75, 3.05) is 6.61 Å². The van der Waals surface area contributed by atoms with Crippen LogP contribution in [-0.4, -0.2) is 11.6 Å². The van der Waals surface area contributed by atoms with E-state index in [1.54, 1.807) is 12.1 Å². The number of rotatable bonds is 1. The van der Waals surface area contributed by atoms with E-state index in [4.69, 9.17) is 21.6 Å². The topological polar surface area (TPSA) is 45.9 Å². The molecule has 0 N–H and O–H groups in total. The summed E-state index contributed by atoms with van der Waals surface area (Å²) in [4.78, 5) is 4.14. The maximum atomic E-state index is 8.67. The van der Waals surface area contributed by atoms with Crippen LogP contribution in [0, 0.1) is 11.3 Å². The van der Waals surface area contributed by atoms with Gasteiger partial charge in [0, 0.05) is 6.61 Å². The van der Waals surface area contributed by atoms with Gasteiger partial charge in [0.2, 0.25) is 0 Å². The smallest absolute Gasteiger partial charge is 0.147 e. The number of hydrogen-bond donors (Lipinski definition) is 0. The summed E-state index contributed by atoms with van der Waals surface area (Å²) in [6, 6.07) is 5.47. The standard InChI is InChI=1S/C10H9ClN2O/c11-10-7(6-12)3-4-8(13-10)9-2-1-5-14-9/h3-4,9H,1-2,5H2. The summed E-state index contributed by atoms with van der Waals surface area (Å²) in [6.45, 7) is 0.782. The molecule has 3 nitrogen and oxygen atoms in total. The maximum Gasteiger partial charge on any atom is 0.147 e. The van der Waals surface area contributed by atoms with Gasteiger partial charge in [-0.3, -0.25) is 0 Å². The van der Waals surface area contributed by atoms with Crippen molar-refractivity contribution in [3.63, 3.8) is 0 Å². The fourth-order valence-electron chi connectivity index (χ4n) is 1.52. The van der Waals surface area contributed by atoms with Crippen molar-refractivity contribution in [2.24, 2.45) is 0 Å². The molecule has 0 aliphatic carbocycles. The molecule has 72 valence electrons. The molecule has 0 bridgehead atoms. The zero-order valence-electron chi connectivity index (χ0n) is 7.53. The number of nitriles is 1. The van der Waals surface area contributed by atoms with E-state index in [2.05, 4.69) is 4.98 Å². The summed E-state index contributed by atoms with van der Waals surface area (Å²) in [7, 11) is 0. The van der Waals surface area contributed by atoms with Gasteiger partial charge >= 0.3 is 0 Å². The van der Waals surface area contributed by atoms with E-state index in [1.165, 1.54) is 0 Å². The van der Waals surface area contributed by atoms with Crippen LogP contribution < -0.4 is 0 Å². The summed E-state index contributed by atoms with van der Waals surface area (Å²) in [6.07, 6.45) is 2.10. The highest BCUT2D eigenvalue weighted by Gasteiger charge is 2.19. The Balaban J connectivity index is 2.28. The third-order valence-corrected chi connectivity index (χ3v) is 2.54. The second kappa shape index (κ2) is 3.95. The molecule has 1 saturated heterocycles. The Labute approximate surface area is 87.3 Å². The lowest BCUT2D eigenvalue weighted by Gasteiger charge is -2.08. The van der Waals surface area contributed by atoms with Gasteiger partial charge in [-0.25, -0.2) is 4.98 Å². The van der Waals surface area contributed by atoms with Crippen molar-refractivity contribution in [3.05, 3.63) is 28.5 Å². The fourth-order valence-corrected chi connectivity index (χ4v) is 1.72. The average Bonchev–Trinajstić information content (AvgIpc) is 2.70. The Morgan fingerprint density at radius 1 is 1.57 bits per heavy atom. The van der Waals surface area contributed by atoms with Crippen molar-refractivity contribution in [2.45, 2.75) is 18.9 Å². The minimum Gasteiger partial charge on any atom is -0.372 e. The van der Waals surface area contributed by atoms with E-state index in [-0.39, 0.29) is 11.3 Å². The third-order valence-electron chi connectivity index (χ3n) is 2.25. The molecule has 0 radical (unpaired) electrons. The van der Waals surface area contributed by atoms with E-state index in [0.717, 1.165) is 25.1 Å². The molecule has 1 unspecified atom stereocenters. The number of ether oxygens (including phenoxy) is 1. The second-order valence-corrected chi connectivity index (χ2v) is 3.55. The first-order valence-electron chi connectivity index (χ1n) is 4.49. The number of hydrogen-bond acceptors (Lipinski definition) is 3. The van der Waals surface area contributed by atoms with E-state index in [1.807, 2.05) is 6.07 Å². The molecule has 1 aromatic rings. The molecule has 0 amide bonds. The highest BCUT2D eigenvalue weighted by atomic mass is 35.5. The first-order chi connectivity index (χ1) is 6.81. The molecule has 1 aliphatic heterocycles. The molecule has 1 fully saturated rings. The number of aromatic nitrogens is 1. The average molecular weight is 209 g/mol. The third kappa shape index (κ3) is 1.72. The fraction of sp³-hybridized carbons (Fsp3) is 0.400. The zero-order valence-corrected chi connectivity index (χ0v) is 8.29. The summed E-state index contributed by atoms with van der Waals surface area (Å²) in [5.74, 6) is 0. The lowest BCUT2D eigenvalue weighted by atomic mass is 10.1. The number of pyridine rings is 1. The molecule has 0 spiro atoms. The van der Waals surface area contributed by atoms with Crippen LogP contribution in [0.2, 0.25) is 5.15 Å². The number of halogens is 1. The molecule has 2 rings (SSSR count). The van der Waals surface area contributed by atoms with Crippen LogP contribution in [-0.2, 0) is 4.74 Å². The highest BCUT2D eigenvalue weighted by Crippen LogP contribution is 2.28. The van der Waals surface area contributed by atoms with Gasteiger partial charge in [-0.15, -0.1) is 0 Å². The van der Waals surface area contributed by atoms with Gasteiger partial charge in [0.15, 0.2) is 0 Å². The minimum atomic E-state index is 0.0558. The molecule has 1 aromatic heterocycles. The molecule has 0 aromatic carbocycles. The van der Waals surface area contributed by atoms with Crippen LogP contribution in [0.4, 0.5) is 0 Å². The Morgan fingerprint density at radius 2 is 2.43 bits per heavy atom. The van der Waals surface area contributed by atoms with Gasteiger partial charge in [0.1, 0.15) is 11.2 Å². The van der Waals surface area contributed by atoms with Gasteiger partial charge in [-0.1, -0.05) is 11.6 Å². The summed E-state index contributed by atoms with van der Waals surface area (Å²) in [5.41, 5.74) is 1.24. The summed E-state index contributed by atoms with van der Waals surface area (Å²) < 4.78 is 5.46. The quantitative estimate of drug-likeness (QED) is 0.666. The molecule has 2 heterocycles. The normalized spacial score (nSPS) is 20.7. The highest BCUT2D eigenvalue weighted by molar-refractivity contribution is 6.30.